The number of fused-ring (bicyclic) bond motifs is 1. The second-order valence-electron chi connectivity index (χ2n) is 5.49. The van der Waals surface area contributed by atoms with Crippen LogP contribution >= 0.6 is 0 Å². The van der Waals surface area contributed by atoms with Crippen LogP contribution in [-0.2, 0) is 9.53 Å². The molecule has 0 aliphatic heterocycles. The Morgan fingerprint density at radius 2 is 2.04 bits per heavy atom. The van der Waals surface area contributed by atoms with Crippen molar-refractivity contribution in [1.82, 2.24) is 9.97 Å². The Labute approximate surface area is 144 Å². The van der Waals surface area contributed by atoms with Crippen molar-refractivity contribution in [1.29, 1.82) is 0 Å². The molecule has 1 N–H and O–H groups in total. The van der Waals surface area contributed by atoms with Crippen molar-refractivity contribution in [3.05, 3.63) is 42.7 Å². The number of ether oxygens (including phenoxy) is 1. The average molecular weight is 341 g/mol. The van der Waals surface area contributed by atoms with Crippen molar-refractivity contribution in [2.75, 3.05) is 31.7 Å². The zero-order valence-corrected chi connectivity index (χ0v) is 13.9. The van der Waals surface area contributed by atoms with Gasteiger partial charge in [0.25, 0.3) is 0 Å². The number of para-hydroxylation sites is 1. The summed E-state index contributed by atoms with van der Waals surface area (Å²) in [7, 11) is 1.61. The molecule has 0 saturated carbocycles. The molecular formula is C18H19N3O4. The highest BCUT2D eigenvalue weighted by Gasteiger charge is 2.17. The van der Waals surface area contributed by atoms with Gasteiger partial charge >= 0.3 is 5.97 Å². The highest BCUT2D eigenvalue weighted by atomic mass is 16.5. The van der Waals surface area contributed by atoms with Gasteiger partial charge in [-0.1, -0.05) is 12.1 Å². The molecule has 130 valence electrons. The monoisotopic (exact) mass is 341 g/mol. The number of carbonyl (C=O) groups is 1. The van der Waals surface area contributed by atoms with Crippen LogP contribution in [0, 0.1) is 0 Å². The Balaban J connectivity index is 2.08. The van der Waals surface area contributed by atoms with Gasteiger partial charge in [0.15, 0.2) is 11.6 Å². The zero-order valence-electron chi connectivity index (χ0n) is 13.9. The van der Waals surface area contributed by atoms with E-state index in [2.05, 4.69) is 9.97 Å². The SMILES string of the molecule is COCCN(CCC(=O)O)c1nc(-c2ccco2)nc2ccccc12. The maximum atomic E-state index is 11.0. The number of benzene rings is 1. The van der Waals surface area contributed by atoms with Crippen LogP contribution < -0.4 is 4.90 Å². The van der Waals surface area contributed by atoms with Gasteiger partial charge in [0.1, 0.15) is 5.82 Å². The fraction of sp³-hybridized carbons (Fsp3) is 0.278. The molecule has 0 unspecified atom stereocenters. The maximum Gasteiger partial charge on any atom is 0.305 e. The van der Waals surface area contributed by atoms with Crippen molar-refractivity contribution in [2.45, 2.75) is 6.42 Å². The molecule has 25 heavy (non-hydrogen) atoms. The summed E-state index contributed by atoms with van der Waals surface area (Å²) >= 11 is 0. The van der Waals surface area contributed by atoms with Crippen LogP contribution in [0.15, 0.2) is 47.1 Å². The molecule has 3 rings (SSSR count). The highest BCUT2D eigenvalue weighted by molar-refractivity contribution is 5.91. The molecule has 3 aromatic rings. The molecule has 0 aliphatic carbocycles. The number of carboxylic acids is 1. The summed E-state index contributed by atoms with van der Waals surface area (Å²) in [6.07, 6.45) is 1.58. The summed E-state index contributed by atoms with van der Waals surface area (Å²) in [4.78, 5) is 22.1. The van der Waals surface area contributed by atoms with Crippen molar-refractivity contribution in [3.8, 4) is 11.6 Å². The lowest BCUT2D eigenvalue weighted by Gasteiger charge is -2.24. The predicted octanol–water partition coefficient (Wildman–Crippen LogP) is 2.82. The van der Waals surface area contributed by atoms with E-state index in [1.165, 1.54) is 0 Å². The third-order valence-corrected chi connectivity index (χ3v) is 3.79. The number of rotatable bonds is 8. The molecule has 0 aliphatic rings. The van der Waals surface area contributed by atoms with Gasteiger partial charge in [-0.05, 0) is 24.3 Å². The molecule has 1 aromatic carbocycles. The predicted molar refractivity (Wildman–Crippen MR) is 93.6 cm³/mol. The van der Waals surface area contributed by atoms with Crippen molar-refractivity contribution < 1.29 is 19.1 Å². The largest absolute Gasteiger partial charge is 0.481 e. The van der Waals surface area contributed by atoms with E-state index in [1.54, 1.807) is 25.5 Å². The van der Waals surface area contributed by atoms with E-state index in [0.29, 0.717) is 37.1 Å². The summed E-state index contributed by atoms with van der Waals surface area (Å²) in [5, 5.41) is 9.91. The number of nitrogens with zero attached hydrogens (tertiary/aromatic N) is 3. The van der Waals surface area contributed by atoms with Gasteiger partial charge in [0.2, 0.25) is 0 Å². The van der Waals surface area contributed by atoms with E-state index in [4.69, 9.17) is 14.3 Å². The van der Waals surface area contributed by atoms with E-state index in [-0.39, 0.29) is 6.42 Å². The molecule has 0 saturated heterocycles. The fourth-order valence-electron chi connectivity index (χ4n) is 2.57. The lowest BCUT2D eigenvalue weighted by atomic mass is 10.2. The molecule has 2 heterocycles. The Morgan fingerprint density at radius 3 is 2.76 bits per heavy atom. The van der Waals surface area contributed by atoms with Crippen molar-refractivity contribution in [2.24, 2.45) is 0 Å². The van der Waals surface area contributed by atoms with Crippen LogP contribution in [0.5, 0.6) is 0 Å². The number of hydrogen-bond donors (Lipinski definition) is 1. The molecule has 0 radical (unpaired) electrons. The molecule has 0 spiro atoms. The first-order valence-electron chi connectivity index (χ1n) is 7.95. The summed E-state index contributed by atoms with van der Waals surface area (Å²) in [6.45, 7) is 1.33. The minimum atomic E-state index is -0.855. The van der Waals surface area contributed by atoms with E-state index in [9.17, 15) is 4.79 Å². The highest BCUT2D eigenvalue weighted by Crippen LogP contribution is 2.27. The van der Waals surface area contributed by atoms with E-state index >= 15 is 0 Å². The minimum Gasteiger partial charge on any atom is -0.481 e. The van der Waals surface area contributed by atoms with E-state index in [0.717, 1.165) is 10.9 Å². The Hall–Kier alpha value is -2.93. The molecular weight excluding hydrogens is 322 g/mol. The summed E-state index contributed by atoms with van der Waals surface area (Å²) < 4.78 is 10.6. The van der Waals surface area contributed by atoms with Crippen molar-refractivity contribution in [3.63, 3.8) is 0 Å². The lowest BCUT2D eigenvalue weighted by Crippen LogP contribution is -2.30. The standard InChI is InChI=1S/C18H19N3O4/c1-24-12-10-21(9-8-16(22)23)18-13-5-2-3-6-14(13)19-17(20-18)15-7-4-11-25-15/h2-7,11H,8-10,12H2,1H3,(H,22,23). The first-order chi connectivity index (χ1) is 12.2. The van der Waals surface area contributed by atoms with Gasteiger partial charge in [0.05, 0.1) is 24.8 Å². The number of anilines is 1. The van der Waals surface area contributed by atoms with Crippen LogP contribution in [0.3, 0.4) is 0 Å². The number of hydrogen-bond acceptors (Lipinski definition) is 6. The summed E-state index contributed by atoms with van der Waals surface area (Å²) in [5.74, 6) is 0.857. The first-order valence-corrected chi connectivity index (χ1v) is 7.95. The van der Waals surface area contributed by atoms with E-state index in [1.807, 2.05) is 29.2 Å². The number of furan rings is 1. The van der Waals surface area contributed by atoms with Gasteiger partial charge in [-0.3, -0.25) is 4.79 Å². The van der Waals surface area contributed by atoms with Crippen LogP contribution in [0.25, 0.3) is 22.5 Å². The molecule has 7 heteroatoms. The van der Waals surface area contributed by atoms with Crippen LogP contribution in [0.4, 0.5) is 5.82 Å². The maximum absolute atomic E-state index is 11.0. The van der Waals surface area contributed by atoms with Gasteiger partial charge < -0.3 is 19.2 Å². The van der Waals surface area contributed by atoms with Gasteiger partial charge in [-0.2, -0.15) is 0 Å². The molecule has 0 bridgehead atoms. The minimum absolute atomic E-state index is 0.0120. The quantitative estimate of drug-likeness (QED) is 0.674. The van der Waals surface area contributed by atoms with Gasteiger partial charge in [-0.15, -0.1) is 0 Å². The summed E-state index contributed by atoms with van der Waals surface area (Å²) in [5.41, 5.74) is 0.775. The number of aliphatic carboxylic acids is 1. The molecule has 0 atom stereocenters. The normalized spacial score (nSPS) is 10.9. The Morgan fingerprint density at radius 1 is 1.20 bits per heavy atom. The molecule has 7 nitrogen and oxygen atoms in total. The second kappa shape index (κ2) is 7.76. The molecule has 2 aromatic heterocycles. The third-order valence-electron chi connectivity index (χ3n) is 3.79. The third kappa shape index (κ3) is 3.95. The number of carboxylic acid groups (broad SMARTS) is 1. The van der Waals surface area contributed by atoms with Gasteiger partial charge in [-0.25, -0.2) is 9.97 Å². The van der Waals surface area contributed by atoms with Crippen LogP contribution in [0.2, 0.25) is 0 Å². The summed E-state index contributed by atoms with van der Waals surface area (Å²) in [6, 6.07) is 11.2. The smallest absolute Gasteiger partial charge is 0.305 e. The topological polar surface area (TPSA) is 88.7 Å². The Kier molecular flexibility index (Phi) is 5.25. The Bertz CT molecular complexity index is 849. The van der Waals surface area contributed by atoms with Crippen molar-refractivity contribution >= 4 is 22.7 Å². The van der Waals surface area contributed by atoms with Crippen LogP contribution in [0.1, 0.15) is 6.42 Å². The van der Waals surface area contributed by atoms with E-state index < -0.39 is 5.97 Å². The molecule has 0 amide bonds. The number of aromatic nitrogens is 2. The molecule has 0 fully saturated rings. The zero-order chi connectivity index (χ0) is 17.6. The lowest BCUT2D eigenvalue weighted by molar-refractivity contribution is -0.136. The van der Waals surface area contributed by atoms with Crippen LogP contribution in [-0.4, -0.2) is 47.8 Å². The second-order valence-corrected chi connectivity index (χ2v) is 5.49. The van der Waals surface area contributed by atoms with Gasteiger partial charge in [0, 0.05) is 25.6 Å². The average Bonchev–Trinajstić information content (AvgIpc) is 3.15. The number of methoxy groups -OCH3 is 1. The fourth-order valence-corrected chi connectivity index (χ4v) is 2.57. The first kappa shape index (κ1) is 16.9.